The SMILES string of the molecule is c1ccc([PH](c2ccccc2)(c2ccccc2)[Pd]([PH](c2ccccc2)(c2ccccc2)c2ccccc2)([Pb]([c]2ccccc2)([c]2ccccc2)[c]2ccccc2)[Pb]([c]2ccccc2)([c]2ccccc2)[c]2ccccc2)cc1. The van der Waals surface area contributed by atoms with E-state index in [1.165, 1.54) is 31.8 Å². The van der Waals surface area contributed by atoms with E-state index in [0.29, 0.717) is 0 Å². The minimum absolute atomic E-state index is 1.49. The summed E-state index contributed by atoms with van der Waals surface area (Å²) in [5.41, 5.74) is -7.69. The Bertz CT molecular complexity index is 2860. The summed E-state index contributed by atoms with van der Waals surface area (Å²) in [6, 6.07) is 148. The molecule has 0 fully saturated rings. The summed E-state index contributed by atoms with van der Waals surface area (Å²) in [5.74, 6) is -4.35. The zero-order valence-electron chi connectivity index (χ0n) is 43.0. The van der Waals surface area contributed by atoms with Gasteiger partial charge in [0.15, 0.2) is 0 Å². The van der Waals surface area contributed by atoms with Gasteiger partial charge in [-0.05, 0) is 0 Å². The maximum atomic E-state index is 2.64. The molecule has 0 saturated heterocycles. The Morgan fingerprint density at radius 2 is 0.273 bits per heavy atom. The molecule has 378 valence electrons. The first-order chi connectivity index (χ1) is 38.3. The van der Waals surface area contributed by atoms with E-state index < -0.39 is 52.4 Å². The van der Waals surface area contributed by atoms with Crippen molar-refractivity contribution in [2.75, 3.05) is 0 Å². The molecule has 0 nitrogen and oxygen atoms in total. The monoisotopic (exact) mass is 1510 g/mol. The van der Waals surface area contributed by atoms with E-state index in [2.05, 4.69) is 364 Å². The van der Waals surface area contributed by atoms with Crippen LogP contribution in [0.1, 0.15) is 0 Å². The van der Waals surface area contributed by atoms with Gasteiger partial charge in [-0.15, -0.1) is 0 Å². The van der Waals surface area contributed by atoms with E-state index in [1.807, 2.05) is 0 Å². The molecule has 0 radical (unpaired) electrons. The molecular weight excluding hydrogens is 1450 g/mol. The van der Waals surface area contributed by atoms with Crippen LogP contribution in [0.5, 0.6) is 0 Å². The van der Waals surface area contributed by atoms with E-state index in [0.717, 1.165) is 0 Å². The third-order valence-electron chi connectivity index (χ3n) is 15.3. The summed E-state index contributed by atoms with van der Waals surface area (Å²) in [4.78, 5) is 0. The van der Waals surface area contributed by atoms with E-state index in [-0.39, 0.29) is 0 Å². The van der Waals surface area contributed by atoms with Gasteiger partial charge in [-0.3, -0.25) is 0 Å². The van der Waals surface area contributed by atoms with Gasteiger partial charge in [-0.1, -0.05) is 0 Å². The van der Waals surface area contributed by atoms with Gasteiger partial charge in [0.2, 0.25) is 0 Å². The van der Waals surface area contributed by atoms with Crippen LogP contribution in [0.25, 0.3) is 0 Å². The molecule has 0 aliphatic carbocycles. The molecule has 0 saturated carbocycles. The van der Waals surface area contributed by atoms with Crippen molar-refractivity contribution in [1.29, 1.82) is 0 Å². The Labute approximate surface area is 461 Å². The molecule has 0 N–H and O–H groups in total. The summed E-state index contributed by atoms with van der Waals surface area (Å²) in [6.07, 6.45) is 0. The van der Waals surface area contributed by atoms with Crippen molar-refractivity contribution in [3.05, 3.63) is 364 Å². The van der Waals surface area contributed by atoms with E-state index in [1.54, 1.807) is 18.7 Å². The number of rotatable bonds is 16. The van der Waals surface area contributed by atoms with Crippen LogP contribution in [-0.4, -0.2) is 35.7 Å². The maximum absolute atomic E-state index is 5.70. The topological polar surface area (TPSA) is 0 Å². The fraction of sp³-hybridized carbons (Fsp3) is 0. The van der Waals surface area contributed by atoms with Gasteiger partial charge in [-0.2, -0.15) is 0 Å². The molecule has 0 atom stereocenters. The van der Waals surface area contributed by atoms with Crippen molar-refractivity contribution in [2.45, 2.75) is 0 Å². The van der Waals surface area contributed by atoms with Gasteiger partial charge < -0.3 is 0 Å². The van der Waals surface area contributed by atoms with Gasteiger partial charge in [0.25, 0.3) is 0 Å². The second-order valence-corrected chi connectivity index (χ2v) is 165. The van der Waals surface area contributed by atoms with Crippen molar-refractivity contribution < 1.29 is 5.75 Å². The molecule has 0 bridgehead atoms. The molecule has 12 rings (SSSR count). The molecule has 0 aliphatic heterocycles. The standard InChI is InChI=1S/2C18H15P.6C6H5.2Pb.Pd/c2*1-4-10-16(11-5-1)19(17-12-6-2-7-13-17)18-14-8-3-9-15-18;6*1-2-4-6-5-3-1;;;/h2*1-15H;6*1-5H;;;/q;;;;;;;;;;-2/p+2. The Kier molecular flexibility index (Phi) is 15.6. The van der Waals surface area contributed by atoms with E-state index in [9.17, 15) is 0 Å². The van der Waals surface area contributed by atoms with Crippen LogP contribution in [0, 0.1) is 0 Å². The molecule has 0 aromatic heterocycles. The zero-order valence-corrected chi connectivity index (χ0v) is 54.3. The molecule has 0 heterocycles. The minimum atomic E-state index is -5.70. The van der Waals surface area contributed by atoms with Crippen molar-refractivity contribution in [3.8, 4) is 0 Å². The number of hydrogen-bond donors (Lipinski definition) is 0. The summed E-state index contributed by atoms with van der Waals surface area (Å²) < 4.78 is 9.34. The van der Waals surface area contributed by atoms with Crippen LogP contribution >= 0.6 is 10.9 Å². The van der Waals surface area contributed by atoms with Crippen molar-refractivity contribution >= 4 is 97.2 Å². The zero-order chi connectivity index (χ0) is 51.9. The van der Waals surface area contributed by atoms with Crippen molar-refractivity contribution in [2.24, 2.45) is 0 Å². The van der Waals surface area contributed by atoms with Crippen LogP contribution in [0.2, 0.25) is 0 Å². The van der Waals surface area contributed by atoms with Gasteiger partial charge >= 0.3 is 467 Å². The molecule has 77 heavy (non-hydrogen) atoms. The predicted molar refractivity (Wildman–Crippen MR) is 341 cm³/mol. The molecule has 0 unspecified atom stereocenters. The second kappa shape index (κ2) is 23.1. The van der Waals surface area contributed by atoms with Crippen LogP contribution in [0.3, 0.4) is 0 Å². The summed E-state index contributed by atoms with van der Waals surface area (Å²) >= 11 is -11.4. The Morgan fingerprint density at radius 1 is 0.156 bits per heavy atom. The molecule has 5 heteroatoms. The first kappa shape index (κ1) is 51.7. The third-order valence-corrected chi connectivity index (χ3v) is 346. The molecule has 12 aromatic rings. The van der Waals surface area contributed by atoms with Gasteiger partial charge in [0, 0.05) is 0 Å². The average molecular weight is 1510 g/mol. The number of hydrogen-bond acceptors (Lipinski definition) is 0. The van der Waals surface area contributed by atoms with Crippen molar-refractivity contribution in [1.82, 2.24) is 0 Å². The van der Waals surface area contributed by atoms with E-state index in [4.69, 9.17) is 0 Å². The summed E-state index contributed by atoms with van der Waals surface area (Å²) in [6.45, 7) is 0. The number of benzene rings is 12. The van der Waals surface area contributed by atoms with Gasteiger partial charge in [0.1, 0.15) is 0 Å². The summed E-state index contributed by atoms with van der Waals surface area (Å²) in [5, 5.41) is 8.96. The van der Waals surface area contributed by atoms with Crippen molar-refractivity contribution in [3.63, 3.8) is 0 Å². The summed E-state index contributed by atoms with van der Waals surface area (Å²) in [7, 11) is 0. The van der Waals surface area contributed by atoms with E-state index >= 15 is 0 Å². The van der Waals surface area contributed by atoms with Crippen LogP contribution in [-0.2, 0) is 5.75 Å². The van der Waals surface area contributed by atoms with Crippen LogP contribution in [0.15, 0.2) is 364 Å². The Morgan fingerprint density at radius 3 is 0.403 bits per heavy atom. The second-order valence-electron chi connectivity index (χ2n) is 19.3. The molecule has 0 spiro atoms. The third kappa shape index (κ3) is 8.26. The molecule has 0 aliphatic rings. The normalized spacial score (nSPS) is 12.8. The van der Waals surface area contributed by atoms with Crippen LogP contribution < -0.4 is 50.6 Å². The predicted octanol–water partition coefficient (Wildman–Crippen LogP) is 10.8. The molecule has 0 amide bonds. The molecule has 12 aromatic carbocycles. The Balaban J connectivity index is 1.64. The average Bonchev–Trinajstić information content (AvgIpc) is 3.71. The van der Waals surface area contributed by atoms with Gasteiger partial charge in [0.05, 0.1) is 0 Å². The fourth-order valence-electron chi connectivity index (χ4n) is 12.6. The fourth-order valence-corrected chi connectivity index (χ4v) is 568. The van der Waals surface area contributed by atoms with Gasteiger partial charge in [-0.25, -0.2) is 0 Å². The molecular formula is C72H62P2Pb2Pd. The first-order valence-corrected chi connectivity index (χ1v) is 62.6. The Hall–Kier alpha value is -5.99. The van der Waals surface area contributed by atoms with Crippen LogP contribution in [0.4, 0.5) is 0 Å². The quantitative estimate of drug-likeness (QED) is 0.0668. The first-order valence-electron chi connectivity index (χ1n) is 26.6.